The van der Waals surface area contributed by atoms with Crippen LogP contribution in [0.2, 0.25) is 0 Å². The molecule has 6 heteroatoms. The standard InChI is InChI=1S/C10H8ClFO4/c1-6(13)16-8-5-3-2-4-7(8)10(12,15)9(11)14/h2-5,15H,1H3. The van der Waals surface area contributed by atoms with Gasteiger partial charge in [-0.3, -0.25) is 9.59 Å². The van der Waals surface area contributed by atoms with E-state index in [2.05, 4.69) is 4.74 Å². The van der Waals surface area contributed by atoms with Crippen LogP contribution < -0.4 is 4.74 Å². The quantitative estimate of drug-likeness (QED) is 0.499. The minimum absolute atomic E-state index is 0.256. The van der Waals surface area contributed by atoms with Gasteiger partial charge in [-0.1, -0.05) is 12.1 Å². The highest BCUT2D eigenvalue weighted by Gasteiger charge is 2.39. The zero-order chi connectivity index (χ0) is 12.3. The van der Waals surface area contributed by atoms with Crippen LogP contribution in [0.1, 0.15) is 12.5 Å². The molecule has 0 radical (unpaired) electrons. The summed E-state index contributed by atoms with van der Waals surface area (Å²) in [4.78, 5) is 21.4. The summed E-state index contributed by atoms with van der Waals surface area (Å²) in [6, 6.07) is 5.16. The second-order valence-electron chi connectivity index (χ2n) is 2.99. The maximum Gasteiger partial charge on any atom is 0.311 e. The number of carbonyl (C=O) groups is 2. The van der Waals surface area contributed by atoms with E-state index in [0.717, 1.165) is 13.0 Å². The van der Waals surface area contributed by atoms with Crippen LogP contribution in [0.4, 0.5) is 4.39 Å². The van der Waals surface area contributed by atoms with Crippen LogP contribution in [-0.4, -0.2) is 16.3 Å². The second kappa shape index (κ2) is 4.59. The molecule has 0 aliphatic carbocycles. The van der Waals surface area contributed by atoms with Gasteiger partial charge in [-0.25, -0.2) is 0 Å². The number of benzene rings is 1. The van der Waals surface area contributed by atoms with Gasteiger partial charge in [0.2, 0.25) is 0 Å². The van der Waals surface area contributed by atoms with Crippen LogP contribution in [0.3, 0.4) is 0 Å². The first-order valence-electron chi connectivity index (χ1n) is 4.25. The Labute approximate surface area is 95.6 Å². The average Bonchev–Trinajstić information content (AvgIpc) is 2.17. The summed E-state index contributed by atoms with van der Waals surface area (Å²) in [5.74, 6) is -4.34. The van der Waals surface area contributed by atoms with E-state index in [-0.39, 0.29) is 5.75 Å². The fourth-order valence-electron chi connectivity index (χ4n) is 1.09. The molecule has 1 aromatic rings. The number of hydrogen-bond acceptors (Lipinski definition) is 4. The Balaban J connectivity index is 3.22. The maximum atomic E-state index is 13.5. The summed E-state index contributed by atoms with van der Waals surface area (Å²) in [6.45, 7) is 1.11. The molecule has 1 unspecified atom stereocenters. The number of para-hydroxylation sites is 1. The highest BCUT2D eigenvalue weighted by Crippen LogP contribution is 2.33. The Hall–Kier alpha value is -1.46. The first-order valence-corrected chi connectivity index (χ1v) is 4.62. The van der Waals surface area contributed by atoms with Crippen molar-refractivity contribution < 1.29 is 23.8 Å². The molecule has 0 saturated heterocycles. The zero-order valence-corrected chi connectivity index (χ0v) is 8.99. The van der Waals surface area contributed by atoms with E-state index in [0.29, 0.717) is 0 Å². The minimum Gasteiger partial charge on any atom is -0.426 e. The molecule has 0 fully saturated rings. The third kappa shape index (κ3) is 2.56. The number of halogens is 2. The average molecular weight is 247 g/mol. The van der Waals surface area contributed by atoms with Crippen LogP contribution in [0.25, 0.3) is 0 Å². The number of rotatable bonds is 3. The molecule has 1 N–H and O–H groups in total. The van der Waals surface area contributed by atoms with Gasteiger partial charge in [0, 0.05) is 6.92 Å². The third-order valence-electron chi connectivity index (χ3n) is 1.76. The van der Waals surface area contributed by atoms with Crippen molar-refractivity contribution in [3.63, 3.8) is 0 Å². The third-order valence-corrected chi connectivity index (χ3v) is 2.01. The Morgan fingerprint density at radius 2 is 2.00 bits per heavy atom. The van der Waals surface area contributed by atoms with Crippen LogP contribution in [0.15, 0.2) is 24.3 Å². The van der Waals surface area contributed by atoms with Gasteiger partial charge >= 0.3 is 11.8 Å². The van der Waals surface area contributed by atoms with E-state index in [1.807, 2.05) is 0 Å². The SMILES string of the molecule is CC(=O)Oc1ccccc1C(O)(F)C(=O)Cl. The Morgan fingerprint density at radius 3 is 2.50 bits per heavy atom. The molecule has 0 spiro atoms. The van der Waals surface area contributed by atoms with Crippen molar-refractivity contribution in [2.45, 2.75) is 12.8 Å². The van der Waals surface area contributed by atoms with Crippen molar-refractivity contribution in [3.05, 3.63) is 29.8 Å². The molecular weight excluding hydrogens is 239 g/mol. The molecule has 1 aromatic carbocycles. The lowest BCUT2D eigenvalue weighted by Crippen LogP contribution is -2.27. The maximum absolute atomic E-state index is 13.5. The molecule has 0 aromatic heterocycles. The summed E-state index contributed by atoms with van der Waals surface area (Å²) in [7, 11) is 0. The van der Waals surface area contributed by atoms with Crippen molar-refractivity contribution in [2.24, 2.45) is 0 Å². The number of ether oxygens (including phenoxy) is 1. The van der Waals surface area contributed by atoms with E-state index >= 15 is 0 Å². The minimum atomic E-state index is -3.38. The molecule has 16 heavy (non-hydrogen) atoms. The molecule has 0 aliphatic heterocycles. The van der Waals surface area contributed by atoms with E-state index in [4.69, 9.17) is 11.6 Å². The van der Waals surface area contributed by atoms with Gasteiger partial charge in [0.1, 0.15) is 5.75 Å². The first-order chi connectivity index (χ1) is 7.35. The molecule has 86 valence electrons. The van der Waals surface area contributed by atoms with Gasteiger partial charge < -0.3 is 9.84 Å². The van der Waals surface area contributed by atoms with E-state index in [9.17, 15) is 19.1 Å². The van der Waals surface area contributed by atoms with Crippen LogP contribution in [0, 0.1) is 0 Å². The van der Waals surface area contributed by atoms with Crippen LogP contribution in [0.5, 0.6) is 5.75 Å². The number of esters is 1. The summed E-state index contributed by atoms with van der Waals surface area (Å²) in [5.41, 5.74) is -0.509. The van der Waals surface area contributed by atoms with Crippen LogP contribution >= 0.6 is 11.6 Å². The number of hydrogen-bond donors (Lipinski definition) is 1. The van der Waals surface area contributed by atoms with Gasteiger partial charge in [-0.05, 0) is 23.7 Å². The molecule has 1 atom stereocenters. The highest BCUT2D eigenvalue weighted by molar-refractivity contribution is 6.65. The van der Waals surface area contributed by atoms with E-state index in [1.165, 1.54) is 18.2 Å². The highest BCUT2D eigenvalue weighted by atomic mass is 35.5. The fourth-order valence-corrected chi connectivity index (χ4v) is 1.19. The summed E-state index contributed by atoms with van der Waals surface area (Å²) < 4.78 is 18.2. The molecule has 1 rings (SSSR count). The lowest BCUT2D eigenvalue weighted by molar-refractivity contribution is -0.152. The molecule has 0 amide bonds. The van der Waals surface area contributed by atoms with Crippen LogP contribution in [-0.2, 0) is 15.4 Å². The summed E-state index contributed by atoms with van der Waals surface area (Å²) in [5, 5.41) is 7.61. The summed E-state index contributed by atoms with van der Waals surface area (Å²) >= 11 is 4.91. The molecule has 0 bridgehead atoms. The van der Waals surface area contributed by atoms with Gasteiger partial charge in [0.25, 0.3) is 5.24 Å². The van der Waals surface area contributed by atoms with Gasteiger partial charge in [-0.2, -0.15) is 4.39 Å². The Bertz CT molecular complexity index is 431. The number of aliphatic hydroxyl groups is 1. The van der Waals surface area contributed by atoms with Crippen molar-refractivity contribution in [3.8, 4) is 5.75 Å². The molecule has 0 aliphatic rings. The molecule has 0 heterocycles. The van der Waals surface area contributed by atoms with Crippen molar-refractivity contribution >= 4 is 22.8 Å². The van der Waals surface area contributed by atoms with Gasteiger partial charge in [0.05, 0.1) is 5.56 Å². The van der Waals surface area contributed by atoms with Crippen molar-refractivity contribution in [1.82, 2.24) is 0 Å². The monoisotopic (exact) mass is 246 g/mol. The van der Waals surface area contributed by atoms with Gasteiger partial charge in [0.15, 0.2) is 0 Å². The van der Waals surface area contributed by atoms with E-state index < -0.39 is 22.6 Å². The van der Waals surface area contributed by atoms with E-state index in [1.54, 1.807) is 0 Å². The number of alkyl halides is 1. The number of carbonyl (C=O) groups excluding carboxylic acids is 2. The van der Waals surface area contributed by atoms with Gasteiger partial charge in [-0.15, -0.1) is 0 Å². The first kappa shape index (κ1) is 12.6. The largest absolute Gasteiger partial charge is 0.426 e. The fraction of sp³-hybridized carbons (Fsp3) is 0.200. The summed E-state index contributed by atoms with van der Waals surface area (Å²) in [6.07, 6.45) is 0. The Kier molecular flexibility index (Phi) is 3.62. The predicted molar refractivity (Wildman–Crippen MR) is 53.6 cm³/mol. The van der Waals surface area contributed by atoms with Crippen molar-refractivity contribution in [1.29, 1.82) is 0 Å². The van der Waals surface area contributed by atoms with Crippen molar-refractivity contribution in [2.75, 3.05) is 0 Å². The lowest BCUT2D eigenvalue weighted by atomic mass is 10.1. The molecule has 4 nitrogen and oxygen atoms in total. The zero-order valence-electron chi connectivity index (χ0n) is 8.24. The topological polar surface area (TPSA) is 63.6 Å². The predicted octanol–water partition coefficient (Wildman–Crippen LogP) is 1.49. The molecule has 0 saturated carbocycles. The normalized spacial score (nSPS) is 14.0. The second-order valence-corrected chi connectivity index (χ2v) is 3.33. The smallest absolute Gasteiger partial charge is 0.311 e. The lowest BCUT2D eigenvalue weighted by Gasteiger charge is -2.17. The molecular formula is C10H8ClFO4. The Morgan fingerprint density at radius 1 is 1.44 bits per heavy atom.